The third-order valence-corrected chi connectivity index (χ3v) is 6.38. The molecule has 4 N–H and O–H groups in total. The minimum absolute atomic E-state index is 0.00546. The number of hydrogen-bond donors (Lipinski definition) is 4. The lowest BCUT2D eigenvalue weighted by Gasteiger charge is -2.25. The van der Waals surface area contributed by atoms with Crippen molar-refractivity contribution < 1.29 is 29.0 Å². The molecule has 10 heteroatoms. The van der Waals surface area contributed by atoms with E-state index in [1.165, 1.54) is 0 Å². The normalized spacial score (nSPS) is 20.2. The average Bonchev–Trinajstić information content (AvgIpc) is 3.36. The zero-order valence-corrected chi connectivity index (χ0v) is 20.2. The number of aliphatic carboxylic acids is 1. The van der Waals surface area contributed by atoms with E-state index in [0.29, 0.717) is 43.7 Å². The Morgan fingerprint density at radius 3 is 2.53 bits per heavy atom. The Bertz CT molecular complexity index is 933. The fourth-order valence-electron chi connectivity index (χ4n) is 4.19. The minimum Gasteiger partial charge on any atom is -0.480 e. The number of carboxylic acids is 1. The van der Waals surface area contributed by atoms with E-state index >= 15 is 0 Å². The van der Waals surface area contributed by atoms with Crippen molar-refractivity contribution >= 4 is 35.5 Å². The molecule has 2 aliphatic rings. The summed E-state index contributed by atoms with van der Waals surface area (Å²) < 4.78 is 5.69. The van der Waals surface area contributed by atoms with Gasteiger partial charge in [-0.2, -0.15) is 0 Å². The van der Waals surface area contributed by atoms with Crippen LogP contribution in [0.1, 0.15) is 51.5 Å². The van der Waals surface area contributed by atoms with E-state index in [-0.39, 0.29) is 18.2 Å². The van der Waals surface area contributed by atoms with Crippen molar-refractivity contribution in [2.45, 2.75) is 70.1 Å². The molecule has 3 rings (SSSR count). The molecule has 2 fully saturated rings. The highest BCUT2D eigenvalue weighted by Gasteiger charge is 2.47. The monoisotopic (exact) mass is 493 g/mol. The van der Waals surface area contributed by atoms with Crippen molar-refractivity contribution in [1.82, 2.24) is 16.0 Å². The summed E-state index contributed by atoms with van der Waals surface area (Å²) in [4.78, 5) is 49.2. The van der Waals surface area contributed by atoms with Crippen LogP contribution >= 0.6 is 11.6 Å². The summed E-state index contributed by atoms with van der Waals surface area (Å²) in [5.41, 5.74) is 0.321. The van der Waals surface area contributed by atoms with Crippen molar-refractivity contribution in [1.29, 1.82) is 0 Å². The molecule has 0 unspecified atom stereocenters. The molecule has 0 radical (unpaired) electrons. The Labute approximate surface area is 203 Å². The summed E-state index contributed by atoms with van der Waals surface area (Å²) in [5.74, 6) is -2.46. The highest BCUT2D eigenvalue weighted by atomic mass is 35.5. The third kappa shape index (κ3) is 7.35. The first-order valence-electron chi connectivity index (χ1n) is 11.6. The molecular formula is C24H32ClN3O6. The fourth-order valence-corrected chi connectivity index (χ4v) is 4.41. The standard InChI is InChI=1S/C24H32ClN3O6/c1-14(2)10-18(21(30)27-19(22(31)32)12-16-6-9-26-20(16)29)28-23(33)34-24(7-8-24)13-15-4-3-5-17(25)11-15/h3-5,11,14,16,18-19H,6-10,12-13H2,1-2H3,(H,26,29)(H,27,30)(H,28,33)(H,31,32)/t16-,18-,19-/m0/s1. The first-order chi connectivity index (χ1) is 16.1. The molecule has 3 amide bonds. The molecule has 0 spiro atoms. The van der Waals surface area contributed by atoms with E-state index in [2.05, 4.69) is 16.0 Å². The van der Waals surface area contributed by atoms with Crippen LogP contribution in [0, 0.1) is 11.8 Å². The molecule has 1 aromatic carbocycles. The second-order valence-electron chi connectivity index (χ2n) is 9.62. The maximum Gasteiger partial charge on any atom is 0.408 e. The molecule has 0 aromatic heterocycles. The van der Waals surface area contributed by atoms with Gasteiger partial charge in [0.25, 0.3) is 0 Å². The van der Waals surface area contributed by atoms with Gasteiger partial charge in [-0.15, -0.1) is 0 Å². The van der Waals surface area contributed by atoms with Crippen LogP contribution in [0.4, 0.5) is 4.79 Å². The molecule has 186 valence electrons. The zero-order valence-electron chi connectivity index (χ0n) is 19.4. The molecule has 0 bridgehead atoms. The maximum atomic E-state index is 12.9. The molecule has 1 aromatic rings. The number of halogens is 1. The first-order valence-corrected chi connectivity index (χ1v) is 12.0. The number of hydrogen-bond acceptors (Lipinski definition) is 5. The number of alkyl carbamates (subject to hydrolysis) is 1. The lowest BCUT2D eigenvalue weighted by atomic mass is 9.97. The van der Waals surface area contributed by atoms with Gasteiger partial charge in [0.15, 0.2) is 0 Å². The molecule has 34 heavy (non-hydrogen) atoms. The van der Waals surface area contributed by atoms with Gasteiger partial charge in [0.05, 0.1) is 0 Å². The predicted octanol–water partition coefficient (Wildman–Crippen LogP) is 2.65. The van der Waals surface area contributed by atoms with E-state index in [1.807, 2.05) is 32.0 Å². The molecule has 1 aliphatic heterocycles. The van der Waals surface area contributed by atoms with Crippen molar-refractivity contribution in [3.05, 3.63) is 34.9 Å². The number of rotatable bonds is 11. The molecule has 1 saturated carbocycles. The summed E-state index contributed by atoms with van der Waals surface area (Å²) in [6.45, 7) is 4.28. The number of carbonyl (C=O) groups is 4. The van der Waals surface area contributed by atoms with Crippen molar-refractivity contribution in [2.24, 2.45) is 11.8 Å². The van der Waals surface area contributed by atoms with Gasteiger partial charge in [-0.3, -0.25) is 9.59 Å². The van der Waals surface area contributed by atoms with Gasteiger partial charge in [0.1, 0.15) is 17.7 Å². The second-order valence-corrected chi connectivity index (χ2v) is 10.1. The predicted molar refractivity (Wildman–Crippen MR) is 125 cm³/mol. The Morgan fingerprint density at radius 1 is 1.24 bits per heavy atom. The van der Waals surface area contributed by atoms with Gasteiger partial charge >= 0.3 is 12.1 Å². The summed E-state index contributed by atoms with van der Waals surface area (Å²) in [6, 6.07) is 5.16. The number of benzene rings is 1. The van der Waals surface area contributed by atoms with Crippen LogP contribution in [0.15, 0.2) is 24.3 Å². The van der Waals surface area contributed by atoms with Gasteiger partial charge in [-0.05, 0) is 55.7 Å². The summed E-state index contributed by atoms with van der Waals surface area (Å²) in [5, 5.41) is 18.0. The topological polar surface area (TPSA) is 134 Å². The van der Waals surface area contributed by atoms with Gasteiger partial charge in [0.2, 0.25) is 11.8 Å². The lowest BCUT2D eigenvalue weighted by molar-refractivity contribution is -0.143. The van der Waals surface area contributed by atoms with Crippen molar-refractivity contribution in [3.8, 4) is 0 Å². The SMILES string of the molecule is CC(C)C[C@H](NC(=O)OC1(Cc2cccc(Cl)c2)CC1)C(=O)N[C@@H](C[C@@H]1CCNC1=O)C(=O)O. The van der Waals surface area contributed by atoms with E-state index < -0.39 is 41.6 Å². The van der Waals surface area contributed by atoms with Gasteiger partial charge in [0, 0.05) is 23.9 Å². The molecule has 1 aliphatic carbocycles. The third-order valence-electron chi connectivity index (χ3n) is 6.15. The van der Waals surface area contributed by atoms with Crippen molar-refractivity contribution in [2.75, 3.05) is 6.54 Å². The van der Waals surface area contributed by atoms with Gasteiger partial charge in [-0.1, -0.05) is 37.6 Å². The Balaban J connectivity index is 1.60. The number of carboxylic acid groups (broad SMARTS) is 1. The second kappa shape index (κ2) is 11.1. The molecule has 1 heterocycles. The summed E-state index contributed by atoms with van der Waals surface area (Å²) >= 11 is 6.05. The summed E-state index contributed by atoms with van der Waals surface area (Å²) in [7, 11) is 0. The van der Waals surface area contributed by atoms with Crippen LogP contribution in [0.3, 0.4) is 0 Å². The Hall–Kier alpha value is -2.81. The van der Waals surface area contributed by atoms with Crippen LogP contribution in [-0.4, -0.2) is 53.2 Å². The van der Waals surface area contributed by atoms with Crippen LogP contribution in [0.2, 0.25) is 5.02 Å². The molecule has 3 atom stereocenters. The molecular weight excluding hydrogens is 462 g/mol. The highest BCUT2D eigenvalue weighted by molar-refractivity contribution is 6.30. The van der Waals surface area contributed by atoms with Crippen LogP contribution < -0.4 is 16.0 Å². The van der Waals surface area contributed by atoms with E-state index in [1.54, 1.807) is 6.07 Å². The van der Waals surface area contributed by atoms with Crippen LogP contribution in [0.25, 0.3) is 0 Å². The Morgan fingerprint density at radius 2 is 1.97 bits per heavy atom. The van der Waals surface area contributed by atoms with Crippen molar-refractivity contribution in [3.63, 3.8) is 0 Å². The number of carbonyl (C=O) groups excluding carboxylic acids is 3. The molecule has 1 saturated heterocycles. The van der Waals surface area contributed by atoms with E-state index in [0.717, 1.165) is 5.56 Å². The number of ether oxygens (including phenoxy) is 1. The fraction of sp³-hybridized carbons (Fsp3) is 0.583. The quantitative estimate of drug-likeness (QED) is 0.374. The van der Waals surface area contributed by atoms with Gasteiger partial charge < -0.3 is 25.8 Å². The first kappa shape index (κ1) is 25.8. The average molecular weight is 494 g/mol. The largest absolute Gasteiger partial charge is 0.480 e. The number of amides is 3. The van der Waals surface area contributed by atoms with E-state index in [4.69, 9.17) is 16.3 Å². The van der Waals surface area contributed by atoms with Crippen LogP contribution in [-0.2, 0) is 25.5 Å². The van der Waals surface area contributed by atoms with E-state index in [9.17, 15) is 24.3 Å². The summed E-state index contributed by atoms with van der Waals surface area (Å²) in [6.07, 6.45) is 2.03. The lowest BCUT2D eigenvalue weighted by Crippen LogP contribution is -2.53. The highest BCUT2D eigenvalue weighted by Crippen LogP contribution is 2.42. The number of nitrogens with one attached hydrogen (secondary N) is 3. The smallest absolute Gasteiger partial charge is 0.408 e. The molecule has 9 nitrogen and oxygen atoms in total. The zero-order chi connectivity index (χ0) is 24.9. The Kier molecular flexibility index (Phi) is 8.41. The van der Waals surface area contributed by atoms with Gasteiger partial charge in [-0.25, -0.2) is 9.59 Å². The maximum absolute atomic E-state index is 12.9. The minimum atomic E-state index is -1.23. The van der Waals surface area contributed by atoms with Crippen LogP contribution in [0.5, 0.6) is 0 Å².